The fourth-order valence-corrected chi connectivity index (χ4v) is 2.96. The van der Waals surface area contributed by atoms with Crippen molar-refractivity contribution < 1.29 is 14.5 Å². The molecule has 3 rings (SSSR count). The highest BCUT2D eigenvalue weighted by molar-refractivity contribution is 6.32. The number of halogens is 1. The topological polar surface area (TPSA) is 92.5 Å². The summed E-state index contributed by atoms with van der Waals surface area (Å²) in [5.74, 6) is -0.274. The van der Waals surface area contributed by atoms with Crippen molar-refractivity contribution in [3.8, 4) is 0 Å². The van der Waals surface area contributed by atoms with E-state index in [1.54, 1.807) is 35.2 Å². The van der Waals surface area contributed by atoms with Gasteiger partial charge in [-0.05, 0) is 48.4 Å². The summed E-state index contributed by atoms with van der Waals surface area (Å²) >= 11 is 5.76. The molecule has 1 aliphatic heterocycles. The molecule has 0 radical (unpaired) electrons. The zero-order valence-electron chi connectivity index (χ0n) is 14.2. The van der Waals surface area contributed by atoms with Crippen LogP contribution in [-0.2, 0) is 9.59 Å². The Labute approximate surface area is 160 Å². The molecule has 1 fully saturated rings. The second-order valence-corrected chi connectivity index (χ2v) is 6.39. The van der Waals surface area contributed by atoms with Crippen LogP contribution in [0.3, 0.4) is 0 Å². The standard InChI is InChI=1S/C19H16ClN3O4/c20-16-9-3-13(12-17(16)23(26)27)4-10-18(24)21-14-5-7-15(8-6-14)22-11-1-2-19(22)25/h3-10,12H,1-2,11H2,(H,21,24)/b10-4+. The van der Waals surface area contributed by atoms with Crippen molar-refractivity contribution in [3.63, 3.8) is 0 Å². The van der Waals surface area contributed by atoms with Crippen LogP contribution in [0.25, 0.3) is 6.08 Å². The van der Waals surface area contributed by atoms with E-state index in [0.29, 0.717) is 24.2 Å². The molecule has 0 saturated carbocycles. The third kappa shape index (κ3) is 4.51. The Morgan fingerprint density at radius 1 is 1.22 bits per heavy atom. The molecule has 8 heteroatoms. The van der Waals surface area contributed by atoms with Gasteiger partial charge in [0.15, 0.2) is 0 Å². The molecule has 1 aliphatic rings. The number of nitro benzene ring substituents is 1. The van der Waals surface area contributed by atoms with Crippen molar-refractivity contribution in [2.24, 2.45) is 0 Å². The van der Waals surface area contributed by atoms with Gasteiger partial charge in [0.25, 0.3) is 5.69 Å². The summed E-state index contributed by atoms with van der Waals surface area (Å²) < 4.78 is 0. The number of hydrogen-bond donors (Lipinski definition) is 1. The maximum Gasteiger partial charge on any atom is 0.288 e. The van der Waals surface area contributed by atoms with Gasteiger partial charge in [-0.25, -0.2) is 0 Å². The lowest BCUT2D eigenvalue weighted by atomic mass is 10.2. The average molecular weight is 386 g/mol. The zero-order valence-corrected chi connectivity index (χ0v) is 15.0. The largest absolute Gasteiger partial charge is 0.323 e. The van der Waals surface area contributed by atoms with E-state index in [1.807, 2.05) is 0 Å². The van der Waals surface area contributed by atoms with Crippen LogP contribution in [0.5, 0.6) is 0 Å². The normalized spacial score (nSPS) is 14.0. The van der Waals surface area contributed by atoms with Crippen molar-refractivity contribution >= 4 is 46.6 Å². The highest BCUT2D eigenvalue weighted by atomic mass is 35.5. The summed E-state index contributed by atoms with van der Waals surface area (Å²) in [6, 6.07) is 11.3. The van der Waals surface area contributed by atoms with Crippen LogP contribution in [0.4, 0.5) is 17.1 Å². The summed E-state index contributed by atoms with van der Waals surface area (Å²) in [4.78, 5) is 35.8. The van der Waals surface area contributed by atoms with Crippen LogP contribution in [0.2, 0.25) is 5.02 Å². The van der Waals surface area contributed by atoms with Crippen molar-refractivity contribution in [2.75, 3.05) is 16.8 Å². The number of nitro groups is 1. The lowest BCUT2D eigenvalue weighted by Crippen LogP contribution is -2.23. The average Bonchev–Trinajstić information content (AvgIpc) is 3.07. The van der Waals surface area contributed by atoms with Crippen LogP contribution >= 0.6 is 11.6 Å². The Morgan fingerprint density at radius 3 is 2.59 bits per heavy atom. The second kappa shape index (κ2) is 8.01. The number of hydrogen-bond acceptors (Lipinski definition) is 4. The number of anilines is 2. The van der Waals surface area contributed by atoms with E-state index < -0.39 is 4.92 Å². The Balaban J connectivity index is 1.64. The summed E-state index contributed by atoms with van der Waals surface area (Å²) in [6.07, 6.45) is 4.16. The van der Waals surface area contributed by atoms with Crippen LogP contribution in [0.15, 0.2) is 48.5 Å². The van der Waals surface area contributed by atoms with Gasteiger partial charge in [-0.1, -0.05) is 17.7 Å². The van der Waals surface area contributed by atoms with E-state index in [4.69, 9.17) is 11.6 Å². The first-order valence-corrected chi connectivity index (χ1v) is 8.65. The van der Waals surface area contributed by atoms with Crippen LogP contribution in [0, 0.1) is 10.1 Å². The molecule has 1 saturated heterocycles. The molecule has 0 bridgehead atoms. The fourth-order valence-electron chi connectivity index (χ4n) is 2.77. The Kier molecular flexibility index (Phi) is 5.52. The highest BCUT2D eigenvalue weighted by Crippen LogP contribution is 2.26. The minimum atomic E-state index is -0.577. The molecular formula is C19H16ClN3O4. The molecule has 138 valence electrons. The SMILES string of the molecule is O=C(/C=C/c1ccc(Cl)c([N+](=O)[O-])c1)Nc1ccc(N2CCCC2=O)cc1. The molecular weight excluding hydrogens is 370 g/mol. The molecule has 1 N–H and O–H groups in total. The number of rotatable bonds is 5. The summed E-state index contributed by atoms with van der Waals surface area (Å²) in [5.41, 5.74) is 1.66. The van der Waals surface area contributed by atoms with Crippen LogP contribution in [-0.4, -0.2) is 23.3 Å². The summed E-state index contributed by atoms with van der Waals surface area (Å²) in [5, 5.41) is 13.6. The summed E-state index contributed by atoms with van der Waals surface area (Å²) in [6.45, 7) is 0.709. The Hall–Kier alpha value is -3.19. The second-order valence-electron chi connectivity index (χ2n) is 5.99. The monoisotopic (exact) mass is 385 g/mol. The molecule has 1 heterocycles. The van der Waals surface area contributed by atoms with Gasteiger partial charge in [-0.3, -0.25) is 19.7 Å². The minimum absolute atomic E-state index is 0.0400. The third-order valence-corrected chi connectivity index (χ3v) is 4.43. The van der Waals surface area contributed by atoms with Gasteiger partial charge in [0.05, 0.1) is 4.92 Å². The predicted molar refractivity (Wildman–Crippen MR) is 104 cm³/mol. The first-order valence-electron chi connectivity index (χ1n) is 8.27. The highest BCUT2D eigenvalue weighted by Gasteiger charge is 2.21. The maximum absolute atomic E-state index is 12.0. The number of amides is 2. The van der Waals surface area contributed by atoms with Crippen LogP contribution in [0.1, 0.15) is 18.4 Å². The Morgan fingerprint density at radius 2 is 1.96 bits per heavy atom. The lowest BCUT2D eigenvalue weighted by molar-refractivity contribution is -0.384. The van der Waals surface area contributed by atoms with Gasteiger partial charge >= 0.3 is 0 Å². The first kappa shape index (κ1) is 18.6. The van der Waals surface area contributed by atoms with Gasteiger partial charge in [0, 0.05) is 36.5 Å². The van der Waals surface area contributed by atoms with Crippen molar-refractivity contribution in [3.05, 3.63) is 69.2 Å². The molecule has 2 amide bonds. The van der Waals surface area contributed by atoms with Gasteiger partial charge in [-0.2, -0.15) is 0 Å². The van der Waals surface area contributed by atoms with E-state index in [2.05, 4.69) is 5.32 Å². The quantitative estimate of drug-likeness (QED) is 0.477. The van der Waals surface area contributed by atoms with Gasteiger partial charge < -0.3 is 10.2 Å². The molecule has 2 aromatic rings. The van der Waals surface area contributed by atoms with Gasteiger partial charge in [0.2, 0.25) is 11.8 Å². The van der Waals surface area contributed by atoms with Crippen molar-refractivity contribution in [1.29, 1.82) is 0 Å². The number of nitrogens with one attached hydrogen (secondary N) is 1. The van der Waals surface area contributed by atoms with Crippen molar-refractivity contribution in [2.45, 2.75) is 12.8 Å². The zero-order chi connectivity index (χ0) is 19.4. The van der Waals surface area contributed by atoms with E-state index in [0.717, 1.165) is 12.1 Å². The third-order valence-electron chi connectivity index (χ3n) is 4.11. The number of nitrogens with zero attached hydrogens (tertiary/aromatic N) is 2. The molecule has 2 aromatic carbocycles. The number of carbonyl (C=O) groups excluding carboxylic acids is 2. The summed E-state index contributed by atoms with van der Waals surface area (Å²) in [7, 11) is 0. The van der Waals surface area contributed by atoms with E-state index >= 15 is 0 Å². The molecule has 0 atom stereocenters. The number of benzene rings is 2. The molecule has 0 aliphatic carbocycles. The maximum atomic E-state index is 12.0. The smallest absolute Gasteiger partial charge is 0.288 e. The Bertz CT molecular complexity index is 925. The fraction of sp³-hybridized carbons (Fsp3) is 0.158. The predicted octanol–water partition coefficient (Wildman–Crippen LogP) is 4.03. The van der Waals surface area contributed by atoms with E-state index in [9.17, 15) is 19.7 Å². The lowest BCUT2D eigenvalue weighted by Gasteiger charge is -2.15. The first-order chi connectivity index (χ1) is 12.9. The van der Waals surface area contributed by atoms with Gasteiger partial charge in [0.1, 0.15) is 5.02 Å². The molecule has 0 aromatic heterocycles. The minimum Gasteiger partial charge on any atom is -0.323 e. The van der Waals surface area contributed by atoms with Gasteiger partial charge in [-0.15, -0.1) is 0 Å². The van der Waals surface area contributed by atoms with E-state index in [-0.39, 0.29) is 22.5 Å². The van der Waals surface area contributed by atoms with E-state index in [1.165, 1.54) is 24.3 Å². The molecule has 0 unspecified atom stereocenters. The number of carbonyl (C=O) groups is 2. The van der Waals surface area contributed by atoms with Crippen molar-refractivity contribution in [1.82, 2.24) is 0 Å². The molecule has 27 heavy (non-hydrogen) atoms. The molecule has 7 nitrogen and oxygen atoms in total. The molecule has 0 spiro atoms. The van der Waals surface area contributed by atoms with Crippen LogP contribution < -0.4 is 10.2 Å².